The zero-order chi connectivity index (χ0) is 24.3. The van der Waals surface area contributed by atoms with Crippen molar-refractivity contribution in [3.63, 3.8) is 0 Å². The number of aromatic nitrogens is 2. The van der Waals surface area contributed by atoms with Crippen molar-refractivity contribution < 1.29 is 13.9 Å². The summed E-state index contributed by atoms with van der Waals surface area (Å²) >= 11 is 0. The molecule has 7 rings (SSSR count). The third-order valence-electron chi connectivity index (χ3n) is 7.68. The number of halogens is 1. The number of anilines is 1. The number of imidazole rings is 1. The average molecular weight is 486 g/mol. The molecule has 0 unspecified atom stereocenters. The van der Waals surface area contributed by atoms with Gasteiger partial charge in [-0.05, 0) is 72.9 Å². The summed E-state index contributed by atoms with van der Waals surface area (Å²) in [5.74, 6) is 1.39. The van der Waals surface area contributed by atoms with Crippen molar-refractivity contribution in [3.8, 4) is 5.69 Å². The maximum absolute atomic E-state index is 13.7. The van der Waals surface area contributed by atoms with Crippen LogP contribution in [0.2, 0.25) is 0 Å². The second-order valence-electron chi connectivity index (χ2n) is 9.85. The highest BCUT2D eigenvalue weighted by molar-refractivity contribution is 6.03. The second-order valence-corrected chi connectivity index (χ2v) is 9.85. The molecule has 0 N–H and O–H groups in total. The number of nitrogens with zero attached hydrogens (tertiary/aromatic N) is 5. The lowest BCUT2D eigenvalue weighted by atomic mass is 9.83. The Kier molecular flexibility index (Phi) is 4.92. The Morgan fingerprint density at radius 1 is 1.00 bits per heavy atom. The predicted octanol–water partition coefficient (Wildman–Crippen LogP) is 4.43. The summed E-state index contributed by atoms with van der Waals surface area (Å²) in [6.45, 7) is 4.54. The SMILES string of the molecule is Cc1cn(-c2ccc(/C=C3/OCCN4C3=NC3(CCOCC3)N4c3ccc(F)cc3)c3c2CC3)cn1. The van der Waals surface area contributed by atoms with Gasteiger partial charge >= 0.3 is 0 Å². The minimum Gasteiger partial charge on any atom is -0.488 e. The van der Waals surface area contributed by atoms with Gasteiger partial charge in [-0.1, -0.05) is 6.07 Å². The fraction of sp³-hybridized carbons (Fsp3) is 0.357. The maximum atomic E-state index is 13.7. The first kappa shape index (κ1) is 21.6. The Bertz CT molecular complexity index is 1390. The summed E-state index contributed by atoms with van der Waals surface area (Å²) in [6, 6.07) is 11.1. The number of aliphatic imine (C=N–C) groups is 1. The molecular formula is C28H28FN5O2. The van der Waals surface area contributed by atoms with Gasteiger partial charge in [0.2, 0.25) is 0 Å². The Balaban J connectivity index is 1.28. The van der Waals surface area contributed by atoms with Crippen LogP contribution < -0.4 is 5.01 Å². The number of aryl methyl sites for hydroxylation is 1. The maximum Gasteiger partial charge on any atom is 0.188 e. The lowest BCUT2D eigenvalue weighted by Crippen LogP contribution is -2.56. The number of hydrogen-bond donors (Lipinski definition) is 0. The highest BCUT2D eigenvalue weighted by atomic mass is 19.1. The number of benzene rings is 2. The van der Waals surface area contributed by atoms with E-state index in [-0.39, 0.29) is 5.82 Å². The normalized spacial score (nSPS) is 21.2. The van der Waals surface area contributed by atoms with Gasteiger partial charge in [0.15, 0.2) is 17.3 Å². The summed E-state index contributed by atoms with van der Waals surface area (Å²) in [5.41, 5.74) is 6.61. The van der Waals surface area contributed by atoms with E-state index in [1.165, 1.54) is 34.5 Å². The lowest BCUT2D eigenvalue weighted by Gasteiger charge is -2.45. The van der Waals surface area contributed by atoms with Crippen LogP contribution in [-0.2, 0) is 22.3 Å². The van der Waals surface area contributed by atoms with E-state index in [4.69, 9.17) is 14.5 Å². The zero-order valence-electron chi connectivity index (χ0n) is 20.3. The van der Waals surface area contributed by atoms with Crippen LogP contribution in [0.1, 0.15) is 35.2 Å². The van der Waals surface area contributed by atoms with Gasteiger partial charge in [0.05, 0.1) is 37.5 Å². The van der Waals surface area contributed by atoms with Crippen LogP contribution in [0.4, 0.5) is 10.1 Å². The Labute approximate surface area is 209 Å². The van der Waals surface area contributed by atoms with Crippen LogP contribution in [0.5, 0.6) is 0 Å². The van der Waals surface area contributed by atoms with Crippen molar-refractivity contribution in [1.29, 1.82) is 0 Å². The Hall–Kier alpha value is -3.65. The third kappa shape index (κ3) is 3.35. The molecule has 0 amide bonds. The van der Waals surface area contributed by atoms with Crippen LogP contribution in [0.15, 0.2) is 59.7 Å². The van der Waals surface area contributed by atoms with Crippen LogP contribution >= 0.6 is 0 Å². The Morgan fingerprint density at radius 3 is 2.53 bits per heavy atom. The lowest BCUT2D eigenvalue weighted by molar-refractivity contribution is 0.0438. The van der Waals surface area contributed by atoms with Gasteiger partial charge in [-0.3, -0.25) is 10.0 Å². The van der Waals surface area contributed by atoms with E-state index in [1.54, 1.807) is 0 Å². The summed E-state index contributed by atoms with van der Waals surface area (Å²) in [7, 11) is 0. The van der Waals surface area contributed by atoms with Gasteiger partial charge in [0.25, 0.3) is 0 Å². The monoisotopic (exact) mass is 485 g/mol. The minimum atomic E-state index is -0.452. The van der Waals surface area contributed by atoms with E-state index in [0.29, 0.717) is 26.4 Å². The first-order valence-electron chi connectivity index (χ1n) is 12.6. The van der Waals surface area contributed by atoms with Crippen molar-refractivity contribution >= 4 is 17.6 Å². The van der Waals surface area contributed by atoms with Crippen LogP contribution in [-0.4, -0.2) is 52.4 Å². The number of amidine groups is 1. The van der Waals surface area contributed by atoms with Gasteiger partial charge in [0, 0.05) is 24.7 Å². The number of ether oxygens (including phenoxy) is 2. The van der Waals surface area contributed by atoms with Crippen molar-refractivity contribution in [2.75, 3.05) is 31.4 Å². The molecule has 1 aliphatic carbocycles. The molecule has 0 atom stereocenters. The highest BCUT2D eigenvalue weighted by Crippen LogP contribution is 2.42. The minimum absolute atomic E-state index is 0.241. The standard InChI is InChI=1S/C28H28FN5O2/c1-19-17-32(18-30-19)25-9-2-20(23-7-8-24(23)25)16-26-27-31-28(10-13-35-14-11-28)34(33(27)12-15-36-26)22-5-3-21(29)4-6-22/h2-6,9,16-18H,7-8,10-15H2,1H3/b26-16+. The highest BCUT2D eigenvalue weighted by Gasteiger charge is 2.50. The number of hydrazine groups is 1. The van der Waals surface area contributed by atoms with Crippen LogP contribution in [0, 0.1) is 12.7 Å². The third-order valence-corrected chi connectivity index (χ3v) is 7.68. The molecule has 2 saturated heterocycles. The molecule has 0 bridgehead atoms. The first-order valence-corrected chi connectivity index (χ1v) is 12.6. The molecule has 8 heteroatoms. The average Bonchev–Trinajstić information content (AvgIpc) is 3.43. The van der Waals surface area contributed by atoms with E-state index in [1.807, 2.05) is 25.4 Å². The molecular weight excluding hydrogens is 457 g/mol. The van der Waals surface area contributed by atoms with Crippen LogP contribution in [0.25, 0.3) is 11.8 Å². The molecule has 4 heterocycles. The molecule has 3 aromatic rings. The quantitative estimate of drug-likeness (QED) is 0.549. The molecule has 0 radical (unpaired) electrons. The molecule has 4 aliphatic rings. The van der Waals surface area contributed by atoms with Crippen molar-refractivity contribution in [3.05, 3.63) is 82.9 Å². The number of morpholine rings is 1. The van der Waals surface area contributed by atoms with Crippen molar-refractivity contribution in [2.45, 2.75) is 38.3 Å². The largest absolute Gasteiger partial charge is 0.488 e. The first-order chi connectivity index (χ1) is 17.6. The fourth-order valence-electron chi connectivity index (χ4n) is 5.82. The topological polar surface area (TPSA) is 55.1 Å². The molecule has 7 nitrogen and oxygen atoms in total. The van der Waals surface area contributed by atoms with E-state index in [9.17, 15) is 4.39 Å². The Morgan fingerprint density at radius 2 is 1.81 bits per heavy atom. The molecule has 2 aromatic carbocycles. The van der Waals surface area contributed by atoms with E-state index in [2.05, 4.69) is 44.0 Å². The molecule has 2 fully saturated rings. The smallest absolute Gasteiger partial charge is 0.188 e. The summed E-state index contributed by atoms with van der Waals surface area (Å²) < 4.78 is 27.8. The molecule has 36 heavy (non-hydrogen) atoms. The van der Waals surface area contributed by atoms with E-state index < -0.39 is 5.66 Å². The number of hydrogen-bond acceptors (Lipinski definition) is 6. The number of fused-ring (bicyclic) bond motifs is 2. The van der Waals surface area contributed by atoms with Gasteiger partial charge in [-0.2, -0.15) is 0 Å². The molecule has 184 valence electrons. The fourth-order valence-corrected chi connectivity index (χ4v) is 5.82. The van der Waals surface area contributed by atoms with Gasteiger partial charge in [0.1, 0.15) is 12.4 Å². The molecule has 1 spiro atoms. The molecule has 0 saturated carbocycles. The van der Waals surface area contributed by atoms with E-state index >= 15 is 0 Å². The van der Waals surface area contributed by atoms with Gasteiger partial charge in [-0.25, -0.2) is 14.4 Å². The van der Waals surface area contributed by atoms with Crippen molar-refractivity contribution in [2.24, 2.45) is 4.99 Å². The van der Waals surface area contributed by atoms with Gasteiger partial charge in [-0.15, -0.1) is 0 Å². The van der Waals surface area contributed by atoms with Crippen molar-refractivity contribution in [1.82, 2.24) is 14.6 Å². The molecule has 1 aromatic heterocycles. The van der Waals surface area contributed by atoms with Gasteiger partial charge < -0.3 is 14.0 Å². The summed E-state index contributed by atoms with van der Waals surface area (Å²) in [4.78, 5) is 9.68. The zero-order valence-corrected chi connectivity index (χ0v) is 20.3. The summed E-state index contributed by atoms with van der Waals surface area (Å²) in [6.07, 6.45) is 9.75. The molecule has 3 aliphatic heterocycles. The van der Waals surface area contributed by atoms with Crippen LogP contribution in [0.3, 0.4) is 0 Å². The number of rotatable bonds is 3. The summed E-state index contributed by atoms with van der Waals surface area (Å²) in [5, 5.41) is 4.45. The van der Waals surface area contributed by atoms with E-state index in [0.717, 1.165) is 48.7 Å². The second kappa shape index (κ2) is 8.20. The predicted molar refractivity (Wildman–Crippen MR) is 135 cm³/mol.